The van der Waals surface area contributed by atoms with Gasteiger partial charge in [-0.25, -0.2) is 13.4 Å². The van der Waals surface area contributed by atoms with Gasteiger partial charge in [-0.15, -0.1) is 0 Å². The molecular formula is C28H34Cl2N4O5S. The molecule has 0 radical (unpaired) electrons. The van der Waals surface area contributed by atoms with Crippen LogP contribution in [0.5, 0.6) is 0 Å². The molecule has 0 atom stereocenters. The number of halogens is 2. The third kappa shape index (κ3) is 7.73. The number of benzene rings is 1. The van der Waals surface area contributed by atoms with Gasteiger partial charge in [-0.05, 0) is 49.4 Å². The summed E-state index contributed by atoms with van der Waals surface area (Å²) in [5.74, 6) is -0.823. The Morgan fingerprint density at radius 2 is 1.80 bits per heavy atom. The van der Waals surface area contributed by atoms with E-state index in [0.29, 0.717) is 78.0 Å². The van der Waals surface area contributed by atoms with Gasteiger partial charge >= 0.3 is 0 Å². The second kappa shape index (κ2) is 13.3. The molecular weight excluding hydrogens is 575 g/mol. The molecule has 9 nitrogen and oxygen atoms in total. The van der Waals surface area contributed by atoms with Crippen LogP contribution in [0.4, 0.5) is 5.82 Å². The molecule has 0 aliphatic carbocycles. The topological polar surface area (TPSA) is 117 Å². The lowest BCUT2D eigenvalue weighted by Crippen LogP contribution is -2.43. The van der Waals surface area contributed by atoms with Crippen molar-refractivity contribution in [3.63, 3.8) is 0 Å². The van der Waals surface area contributed by atoms with Crippen LogP contribution in [0.2, 0.25) is 10.0 Å². The number of piperidine rings is 1. The molecule has 216 valence electrons. The van der Waals surface area contributed by atoms with Gasteiger partial charge in [0, 0.05) is 49.0 Å². The number of ketones is 1. The summed E-state index contributed by atoms with van der Waals surface area (Å²) in [6.45, 7) is 3.77. The van der Waals surface area contributed by atoms with E-state index < -0.39 is 21.8 Å². The summed E-state index contributed by atoms with van der Waals surface area (Å²) >= 11 is 12.5. The van der Waals surface area contributed by atoms with Crippen LogP contribution in [0.25, 0.3) is 0 Å². The lowest BCUT2D eigenvalue weighted by atomic mass is 9.96. The fourth-order valence-electron chi connectivity index (χ4n) is 5.05. The summed E-state index contributed by atoms with van der Waals surface area (Å²) in [4.78, 5) is 46.5. The largest absolute Gasteiger partial charge is 0.355 e. The van der Waals surface area contributed by atoms with Crippen molar-refractivity contribution in [1.29, 1.82) is 0 Å². The number of likely N-dealkylation sites (tertiary alicyclic amines) is 1. The summed E-state index contributed by atoms with van der Waals surface area (Å²) in [5.41, 5.74) is 1.51. The Hall–Kier alpha value is -2.69. The SMILES string of the molecule is CCCCC(=O)c1cc(Cl)c(N2CCC(C(=O)NS(=O)(=O)Cc3ccc(Cl)cc3)CC2)nc1CN1CCCC1=O. The molecule has 2 aliphatic heterocycles. The lowest BCUT2D eigenvalue weighted by Gasteiger charge is -2.33. The maximum atomic E-state index is 13.0. The predicted molar refractivity (Wildman–Crippen MR) is 155 cm³/mol. The molecule has 2 aliphatic rings. The molecule has 12 heteroatoms. The van der Waals surface area contributed by atoms with E-state index in [0.717, 1.165) is 19.3 Å². The standard InChI is InChI=1S/C28H34Cl2N4O5S/c1-2-3-5-25(35)22-16-23(30)27(31-24(22)17-34-13-4-6-26(34)36)33-14-11-20(12-15-33)28(37)32-40(38,39)18-19-7-9-21(29)10-8-19/h7-10,16,20H,2-6,11-15,17-18H2,1H3,(H,32,37). The number of unbranched alkanes of at least 4 members (excludes halogenated alkanes) is 1. The van der Waals surface area contributed by atoms with E-state index in [-0.39, 0.29) is 24.0 Å². The van der Waals surface area contributed by atoms with E-state index >= 15 is 0 Å². The van der Waals surface area contributed by atoms with Crippen LogP contribution < -0.4 is 9.62 Å². The van der Waals surface area contributed by atoms with Crippen LogP contribution in [0, 0.1) is 5.92 Å². The Kier molecular flexibility index (Phi) is 10.1. The molecule has 0 spiro atoms. The summed E-state index contributed by atoms with van der Waals surface area (Å²) in [6, 6.07) is 8.08. The highest BCUT2D eigenvalue weighted by atomic mass is 35.5. The third-order valence-electron chi connectivity index (χ3n) is 7.30. The molecule has 1 aromatic carbocycles. The Balaban J connectivity index is 1.43. The van der Waals surface area contributed by atoms with Gasteiger partial charge in [0.2, 0.25) is 21.8 Å². The average molecular weight is 610 g/mol. The quantitative estimate of drug-likeness (QED) is 0.366. The normalized spacial score (nSPS) is 16.4. The molecule has 4 rings (SSSR count). The number of sulfonamides is 1. The number of hydrogen-bond acceptors (Lipinski definition) is 7. The van der Waals surface area contributed by atoms with Crippen molar-refractivity contribution < 1.29 is 22.8 Å². The van der Waals surface area contributed by atoms with Gasteiger partial charge in [0.15, 0.2) is 5.78 Å². The monoisotopic (exact) mass is 608 g/mol. The van der Waals surface area contributed by atoms with E-state index in [1.807, 2.05) is 11.8 Å². The molecule has 1 aromatic heterocycles. The van der Waals surface area contributed by atoms with Gasteiger partial charge in [-0.1, -0.05) is 48.7 Å². The lowest BCUT2D eigenvalue weighted by molar-refractivity contribution is -0.128. The van der Waals surface area contributed by atoms with Crippen LogP contribution in [0.3, 0.4) is 0 Å². The van der Waals surface area contributed by atoms with Crippen molar-refractivity contribution in [2.45, 2.75) is 64.2 Å². The molecule has 2 saturated heterocycles. The number of rotatable bonds is 11. The second-order valence-electron chi connectivity index (χ2n) is 10.3. The van der Waals surface area contributed by atoms with E-state index in [9.17, 15) is 22.8 Å². The predicted octanol–water partition coefficient (Wildman–Crippen LogP) is 4.75. The minimum atomic E-state index is -3.86. The minimum absolute atomic E-state index is 0.0420. The zero-order valence-corrected chi connectivity index (χ0v) is 24.8. The first-order chi connectivity index (χ1) is 19.1. The van der Waals surface area contributed by atoms with Gasteiger partial charge < -0.3 is 9.80 Å². The zero-order chi connectivity index (χ0) is 28.9. The number of carbonyl (C=O) groups is 3. The number of nitrogens with zero attached hydrogens (tertiary/aromatic N) is 3. The number of amides is 2. The number of aromatic nitrogens is 1. The molecule has 1 N–H and O–H groups in total. The highest BCUT2D eigenvalue weighted by molar-refractivity contribution is 7.89. The highest BCUT2D eigenvalue weighted by Gasteiger charge is 2.31. The Bertz CT molecular complexity index is 1360. The van der Waals surface area contributed by atoms with E-state index in [4.69, 9.17) is 28.2 Å². The number of carbonyl (C=O) groups excluding carboxylic acids is 3. The van der Waals surface area contributed by atoms with E-state index in [2.05, 4.69) is 4.72 Å². The van der Waals surface area contributed by atoms with Gasteiger partial charge in [0.25, 0.3) is 0 Å². The Morgan fingerprint density at radius 1 is 1.10 bits per heavy atom. The highest BCUT2D eigenvalue weighted by Crippen LogP contribution is 2.32. The molecule has 3 heterocycles. The first-order valence-electron chi connectivity index (χ1n) is 13.6. The van der Waals surface area contributed by atoms with Crippen LogP contribution in [0.1, 0.15) is 73.5 Å². The first kappa shape index (κ1) is 30.3. The molecule has 2 fully saturated rings. The number of anilines is 1. The third-order valence-corrected chi connectivity index (χ3v) is 9.05. The minimum Gasteiger partial charge on any atom is -0.355 e. The van der Waals surface area contributed by atoms with E-state index in [1.54, 1.807) is 35.2 Å². The molecule has 0 bridgehead atoms. The smallest absolute Gasteiger partial charge is 0.239 e. The van der Waals surface area contributed by atoms with Crippen molar-refractivity contribution in [3.8, 4) is 0 Å². The van der Waals surface area contributed by atoms with Crippen LogP contribution in [-0.4, -0.2) is 55.5 Å². The van der Waals surface area contributed by atoms with Crippen molar-refractivity contribution in [2.75, 3.05) is 24.5 Å². The summed E-state index contributed by atoms with van der Waals surface area (Å²) in [5, 5.41) is 0.839. The number of Topliss-reactive ketones (excluding diaryl/α,β-unsaturated/α-hetero) is 1. The average Bonchev–Trinajstić information content (AvgIpc) is 3.33. The molecule has 0 saturated carbocycles. The van der Waals surface area contributed by atoms with E-state index in [1.165, 1.54) is 0 Å². The van der Waals surface area contributed by atoms with Crippen molar-refractivity contribution >= 4 is 56.6 Å². The number of pyridine rings is 1. The zero-order valence-electron chi connectivity index (χ0n) is 22.5. The fraction of sp³-hybridized carbons (Fsp3) is 0.500. The number of nitrogens with one attached hydrogen (secondary N) is 1. The molecule has 0 unspecified atom stereocenters. The Morgan fingerprint density at radius 3 is 2.42 bits per heavy atom. The van der Waals surface area contributed by atoms with Gasteiger partial charge in [-0.2, -0.15) is 0 Å². The van der Waals surface area contributed by atoms with Gasteiger partial charge in [0.05, 0.1) is 23.0 Å². The molecule has 2 aromatic rings. The van der Waals surface area contributed by atoms with Gasteiger partial charge in [-0.3, -0.25) is 19.1 Å². The van der Waals surface area contributed by atoms with Crippen LogP contribution >= 0.6 is 23.2 Å². The van der Waals surface area contributed by atoms with Crippen molar-refractivity contribution in [1.82, 2.24) is 14.6 Å². The van der Waals surface area contributed by atoms with Crippen molar-refractivity contribution in [3.05, 3.63) is 57.2 Å². The van der Waals surface area contributed by atoms with Crippen molar-refractivity contribution in [2.24, 2.45) is 5.92 Å². The Labute approximate surface area is 245 Å². The fourth-order valence-corrected chi connectivity index (χ4v) is 6.62. The summed E-state index contributed by atoms with van der Waals surface area (Å²) in [6.07, 6.45) is 4.13. The second-order valence-corrected chi connectivity index (χ2v) is 12.9. The molecule has 40 heavy (non-hydrogen) atoms. The maximum Gasteiger partial charge on any atom is 0.239 e. The molecule has 2 amide bonds. The van der Waals surface area contributed by atoms with Crippen LogP contribution in [-0.2, 0) is 31.9 Å². The summed E-state index contributed by atoms with van der Waals surface area (Å²) in [7, 11) is -3.86. The maximum absolute atomic E-state index is 13.0. The van der Waals surface area contributed by atoms with Gasteiger partial charge in [0.1, 0.15) is 5.82 Å². The summed E-state index contributed by atoms with van der Waals surface area (Å²) < 4.78 is 27.3. The van der Waals surface area contributed by atoms with Crippen LogP contribution in [0.15, 0.2) is 30.3 Å². The number of hydrogen-bond donors (Lipinski definition) is 1. The first-order valence-corrected chi connectivity index (χ1v) is 16.0.